The van der Waals surface area contributed by atoms with Crippen LogP contribution in [0.3, 0.4) is 0 Å². The van der Waals surface area contributed by atoms with Crippen molar-refractivity contribution in [1.82, 2.24) is 0 Å². The molecule has 1 aliphatic rings. The van der Waals surface area contributed by atoms with Gasteiger partial charge in [0.15, 0.2) is 0 Å². The molecule has 108 valence electrons. The fraction of sp³-hybridized carbons (Fsp3) is 0.429. The normalized spacial score (nSPS) is 25.4. The molecule has 0 aromatic heterocycles. The molecule has 1 aromatic rings. The average Bonchev–Trinajstić information content (AvgIpc) is 2.73. The number of halogens is 1. The molecule has 1 aliphatic carbocycles. The highest BCUT2D eigenvalue weighted by molar-refractivity contribution is 5.98. The summed E-state index contributed by atoms with van der Waals surface area (Å²) in [7, 11) is 0. The van der Waals surface area contributed by atoms with Crippen molar-refractivity contribution in [2.24, 2.45) is 16.9 Å². The lowest BCUT2D eigenvalue weighted by Crippen LogP contribution is -2.44. The van der Waals surface area contributed by atoms with Gasteiger partial charge in [0.25, 0.3) is 0 Å². The van der Waals surface area contributed by atoms with Crippen LogP contribution < -0.4 is 16.8 Å². The summed E-state index contributed by atoms with van der Waals surface area (Å²) in [6.07, 6.45) is 2.31. The van der Waals surface area contributed by atoms with E-state index in [1.807, 2.05) is 0 Å². The fourth-order valence-electron chi connectivity index (χ4n) is 2.51. The molecule has 0 spiro atoms. The van der Waals surface area contributed by atoms with E-state index in [1.165, 1.54) is 12.1 Å². The summed E-state index contributed by atoms with van der Waals surface area (Å²) in [5, 5.41) is 2.52. The number of carbonyl (C=O) groups excluding carboxylic acids is 2. The Kier molecular flexibility index (Phi) is 3.76. The smallest absolute Gasteiger partial charge is 0.248 e. The molecule has 0 bridgehead atoms. The zero-order chi connectivity index (χ0) is 14.9. The SMILES string of the molecule is CC1(C(=O)Nc2cc(C(N)=O)ccc2F)CCCC1N. The van der Waals surface area contributed by atoms with Gasteiger partial charge in [0.2, 0.25) is 11.8 Å². The summed E-state index contributed by atoms with van der Waals surface area (Å²) < 4.78 is 13.7. The van der Waals surface area contributed by atoms with Crippen molar-refractivity contribution in [3.8, 4) is 0 Å². The Labute approximate surface area is 116 Å². The molecule has 0 radical (unpaired) electrons. The number of rotatable bonds is 3. The van der Waals surface area contributed by atoms with Crippen molar-refractivity contribution in [3.63, 3.8) is 0 Å². The summed E-state index contributed by atoms with van der Waals surface area (Å²) in [5.41, 5.74) is 10.5. The topological polar surface area (TPSA) is 98.2 Å². The number of primary amides is 1. The van der Waals surface area contributed by atoms with E-state index in [4.69, 9.17) is 11.5 Å². The summed E-state index contributed by atoms with van der Waals surface area (Å²) in [6.45, 7) is 1.77. The Morgan fingerprint density at radius 2 is 2.15 bits per heavy atom. The minimum Gasteiger partial charge on any atom is -0.366 e. The third-order valence-electron chi connectivity index (χ3n) is 4.05. The second-order valence-corrected chi connectivity index (χ2v) is 5.43. The van der Waals surface area contributed by atoms with Gasteiger partial charge in [-0.2, -0.15) is 0 Å². The number of benzene rings is 1. The lowest BCUT2D eigenvalue weighted by Gasteiger charge is -2.27. The molecule has 2 atom stereocenters. The molecule has 1 aromatic carbocycles. The summed E-state index contributed by atoms with van der Waals surface area (Å²) >= 11 is 0. The zero-order valence-electron chi connectivity index (χ0n) is 11.3. The lowest BCUT2D eigenvalue weighted by atomic mass is 9.84. The molecule has 2 unspecified atom stereocenters. The standard InChI is InChI=1S/C14H18FN3O2/c1-14(6-2-3-11(14)16)13(20)18-10-7-8(12(17)19)4-5-9(10)15/h4-5,7,11H,2-3,6,16H2,1H3,(H2,17,19)(H,18,20). The van der Waals surface area contributed by atoms with Crippen molar-refractivity contribution in [2.45, 2.75) is 32.2 Å². The van der Waals surface area contributed by atoms with E-state index in [1.54, 1.807) is 6.92 Å². The predicted molar refractivity (Wildman–Crippen MR) is 73.5 cm³/mol. The quantitative estimate of drug-likeness (QED) is 0.779. The molecule has 0 saturated heterocycles. The molecule has 5 N–H and O–H groups in total. The second-order valence-electron chi connectivity index (χ2n) is 5.43. The van der Waals surface area contributed by atoms with Crippen molar-refractivity contribution >= 4 is 17.5 Å². The first-order chi connectivity index (χ1) is 9.34. The number of amides is 2. The van der Waals surface area contributed by atoms with E-state index < -0.39 is 17.1 Å². The van der Waals surface area contributed by atoms with Gasteiger partial charge in [-0.05, 0) is 38.0 Å². The van der Waals surface area contributed by atoms with Crippen LogP contribution in [0.1, 0.15) is 36.5 Å². The first kappa shape index (κ1) is 14.5. The van der Waals surface area contributed by atoms with Gasteiger partial charge in [0.05, 0.1) is 11.1 Å². The summed E-state index contributed by atoms with van der Waals surface area (Å²) in [4.78, 5) is 23.4. The van der Waals surface area contributed by atoms with Crippen molar-refractivity contribution in [3.05, 3.63) is 29.6 Å². The molecular formula is C14H18FN3O2. The maximum absolute atomic E-state index is 13.7. The molecular weight excluding hydrogens is 261 g/mol. The van der Waals surface area contributed by atoms with Gasteiger partial charge in [0.1, 0.15) is 5.82 Å². The molecule has 20 heavy (non-hydrogen) atoms. The zero-order valence-corrected chi connectivity index (χ0v) is 11.3. The molecule has 6 heteroatoms. The van der Waals surface area contributed by atoms with Gasteiger partial charge >= 0.3 is 0 Å². The Balaban J connectivity index is 2.23. The van der Waals surface area contributed by atoms with Crippen LogP contribution >= 0.6 is 0 Å². The van der Waals surface area contributed by atoms with Gasteiger partial charge in [-0.3, -0.25) is 9.59 Å². The van der Waals surface area contributed by atoms with Crippen molar-refractivity contribution in [2.75, 3.05) is 5.32 Å². The number of nitrogens with one attached hydrogen (secondary N) is 1. The van der Waals surface area contributed by atoms with Crippen molar-refractivity contribution < 1.29 is 14.0 Å². The van der Waals surface area contributed by atoms with Gasteiger partial charge in [0, 0.05) is 11.6 Å². The fourth-order valence-corrected chi connectivity index (χ4v) is 2.51. The van der Waals surface area contributed by atoms with Crippen LogP contribution in [-0.2, 0) is 4.79 Å². The highest BCUT2D eigenvalue weighted by Crippen LogP contribution is 2.37. The Hall–Kier alpha value is -1.95. The third kappa shape index (κ3) is 2.51. The Morgan fingerprint density at radius 1 is 1.45 bits per heavy atom. The highest BCUT2D eigenvalue weighted by Gasteiger charge is 2.43. The minimum absolute atomic E-state index is 0.0494. The van der Waals surface area contributed by atoms with E-state index in [9.17, 15) is 14.0 Å². The van der Waals surface area contributed by atoms with E-state index >= 15 is 0 Å². The van der Waals surface area contributed by atoms with Crippen LogP contribution in [0, 0.1) is 11.2 Å². The second kappa shape index (κ2) is 5.20. The third-order valence-corrected chi connectivity index (χ3v) is 4.05. The first-order valence-electron chi connectivity index (χ1n) is 6.51. The molecule has 0 heterocycles. The molecule has 2 amide bonds. The van der Waals surface area contributed by atoms with E-state index in [0.717, 1.165) is 18.9 Å². The average molecular weight is 279 g/mol. The maximum atomic E-state index is 13.7. The number of anilines is 1. The first-order valence-corrected chi connectivity index (χ1v) is 6.51. The van der Waals surface area contributed by atoms with Gasteiger partial charge < -0.3 is 16.8 Å². The van der Waals surface area contributed by atoms with Crippen LogP contribution in [0.15, 0.2) is 18.2 Å². The van der Waals surface area contributed by atoms with Gasteiger partial charge in [-0.25, -0.2) is 4.39 Å². The highest BCUT2D eigenvalue weighted by atomic mass is 19.1. The molecule has 2 rings (SSSR count). The number of hydrogen-bond donors (Lipinski definition) is 3. The molecule has 5 nitrogen and oxygen atoms in total. The predicted octanol–water partition coefficient (Wildman–Crippen LogP) is 1.38. The van der Waals surface area contributed by atoms with E-state index in [-0.39, 0.29) is 23.2 Å². The van der Waals surface area contributed by atoms with Crippen LogP contribution in [0.4, 0.5) is 10.1 Å². The van der Waals surface area contributed by atoms with Crippen molar-refractivity contribution in [1.29, 1.82) is 0 Å². The van der Waals surface area contributed by atoms with Crippen LogP contribution in [0.5, 0.6) is 0 Å². The van der Waals surface area contributed by atoms with Crippen LogP contribution in [-0.4, -0.2) is 17.9 Å². The number of hydrogen-bond acceptors (Lipinski definition) is 3. The van der Waals surface area contributed by atoms with E-state index in [2.05, 4.69) is 5.32 Å². The summed E-state index contributed by atoms with van der Waals surface area (Å²) in [6, 6.07) is 3.37. The van der Waals surface area contributed by atoms with Gasteiger partial charge in [-0.1, -0.05) is 6.42 Å². The summed E-state index contributed by atoms with van der Waals surface area (Å²) in [5.74, 6) is -1.62. The number of carbonyl (C=O) groups is 2. The minimum atomic E-state index is -0.713. The Bertz CT molecular complexity index is 561. The van der Waals surface area contributed by atoms with E-state index in [0.29, 0.717) is 6.42 Å². The number of nitrogens with two attached hydrogens (primary N) is 2. The largest absolute Gasteiger partial charge is 0.366 e. The lowest BCUT2D eigenvalue weighted by molar-refractivity contribution is -0.125. The van der Waals surface area contributed by atoms with Crippen LogP contribution in [0.25, 0.3) is 0 Å². The molecule has 0 aliphatic heterocycles. The molecule has 1 saturated carbocycles. The Morgan fingerprint density at radius 3 is 2.70 bits per heavy atom. The maximum Gasteiger partial charge on any atom is 0.248 e. The van der Waals surface area contributed by atoms with Crippen LogP contribution in [0.2, 0.25) is 0 Å². The van der Waals surface area contributed by atoms with Gasteiger partial charge in [-0.15, -0.1) is 0 Å². The molecule has 1 fully saturated rings. The monoisotopic (exact) mass is 279 g/mol.